The summed E-state index contributed by atoms with van der Waals surface area (Å²) in [5.74, 6) is -0.306. The second kappa shape index (κ2) is 10.0. The second-order valence-electron chi connectivity index (χ2n) is 5.71. The lowest BCUT2D eigenvalue weighted by molar-refractivity contribution is -0.137. The van der Waals surface area contributed by atoms with Gasteiger partial charge in [-0.3, -0.25) is 4.79 Å². The fraction of sp³-hybridized carbons (Fsp3) is 0.278. The number of ether oxygens (including phenoxy) is 1. The summed E-state index contributed by atoms with van der Waals surface area (Å²) in [5.41, 5.74) is 6.09. The van der Waals surface area contributed by atoms with Crippen LogP contribution in [0.2, 0.25) is 0 Å². The summed E-state index contributed by atoms with van der Waals surface area (Å²) < 4.78 is 43.0. The first-order chi connectivity index (χ1) is 12.2. The van der Waals surface area contributed by atoms with E-state index in [1.54, 1.807) is 24.3 Å². The molecule has 0 saturated carbocycles. The summed E-state index contributed by atoms with van der Waals surface area (Å²) in [6, 6.07) is 11.2. The summed E-state index contributed by atoms with van der Waals surface area (Å²) in [6.07, 6.45) is -5.39. The average molecular weight is 405 g/mol. The van der Waals surface area contributed by atoms with Gasteiger partial charge in [0.1, 0.15) is 18.5 Å². The number of alkyl halides is 3. The summed E-state index contributed by atoms with van der Waals surface area (Å²) in [6.45, 7) is -0.323. The Balaban J connectivity index is 0.00000364. The topological polar surface area (TPSA) is 84.6 Å². The smallest absolute Gasteiger partial charge is 0.416 e. The third kappa shape index (κ3) is 7.76. The first-order valence-corrected chi connectivity index (χ1v) is 7.83. The summed E-state index contributed by atoms with van der Waals surface area (Å²) >= 11 is 0. The van der Waals surface area contributed by atoms with E-state index < -0.39 is 17.8 Å². The highest BCUT2D eigenvalue weighted by molar-refractivity contribution is 5.85. The van der Waals surface area contributed by atoms with Crippen molar-refractivity contribution in [3.8, 4) is 5.75 Å². The molecule has 0 bridgehead atoms. The average Bonchev–Trinajstić information content (AvgIpc) is 2.60. The maximum atomic E-state index is 12.6. The van der Waals surface area contributed by atoms with Gasteiger partial charge >= 0.3 is 6.18 Å². The van der Waals surface area contributed by atoms with Crippen LogP contribution in [0.25, 0.3) is 0 Å². The molecule has 0 aromatic heterocycles. The van der Waals surface area contributed by atoms with E-state index in [0.717, 1.165) is 17.7 Å². The fourth-order valence-corrected chi connectivity index (χ4v) is 2.13. The first kappa shape index (κ1) is 22.6. The van der Waals surface area contributed by atoms with Crippen LogP contribution in [0.3, 0.4) is 0 Å². The molecule has 0 aliphatic heterocycles. The van der Waals surface area contributed by atoms with Gasteiger partial charge in [0, 0.05) is 12.2 Å². The molecule has 0 saturated heterocycles. The zero-order chi connectivity index (χ0) is 19.2. The van der Waals surface area contributed by atoms with E-state index in [1.165, 1.54) is 12.1 Å². The van der Waals surface area contributed by atoms with Crippen molar-refractivity contribution in [2.75, 3.05) is 18.9 Å². The standard InChI is InChI=1S/C18H19F3N2O3.ClH/c19-18(20,21)13-2-1-3-16(9-13)26-11-15(24)10-23-17(25)8-12-4-6-14(22)7-5-12;/h1-7,9,15,24H,8,10-11,22H2,(H,23,25);1H. The van der Waals surface area contributed by atoms with Crippen LogP contribution in [-0.4, -0.2) is 30.3 Å². The van der Waals surface area contributed by atoms with Gasteiger partial charge in [-0.2, -0.15) is 13.2 Å². The van der Waals surface area contributed by atoms with Crippen LogP contribution in [0.1, 0.15) is 11.1 Å². The summed E-state index contributed by atoms with van der Waals surface area (Å²) in [5, 5.41) is 12.3. The fourth-order valence-electron chi connectivity index (χ4n) is 2.13. The van der Waals surface area contributed by atoms with Gasteiger partial charge in [0.15, 0.2) is 0 Å². The molecule has 0 aliphatic rings. The number of hydrogen-bond acceptors (Lipinski definition) is 4. The normalized spacial score (nSPS) is 12.0. The zero-order valence-corrected chi connectivity index (χ0v) is 15.0. The number of hydrogen-bond donors (Lipinski definition) is 3. The Labute approximate surface area is 160 Å². The number of carbonyl (C=O) groups excluding carboxylic acids is 1. The third-order valence-electron chi connectivity index (χ3n) is 3.48. The van der Waals surface area contributed by atoms with Crippen LogP contribution in [-0.2, 0) is 17.4 Å². The van der Waals surface area contributed by atoms with Gasteiger partial charge in [-0.25, -0.2) is 0 Å². The molecule has 4 N–H and O–H groups in total. The number of rotatable bonds is 7. The number of nitrogen functional groups attached to an aromatic ring is 1. The minimum absolute atomic E-state index is 0. The van der Waals surface area contributed by atoms with Crippen LogP contribution in [0.5, 0.6) is 5.75 Å². The van der Waals surface area contributed by atoms with Crippen LogP contribution in [0, 0.1) is 0 Å². The van der Waals surface area contributed by atoms with Gasteiger partial charge < -0.3 is 20.9 Å². The molecule has 5 nitrogen and oxygen atoms in total. The molecule has 2 aromatic rings. The van der Waals surface area contributed by atoms with E-state index in [4.69, 9.17) is 10.5 Å². The molecule has 0 radical (unpaired) electrons. The minimum atomic E-state index is -4.46. The van der Waals surface area contributed by atoms with Crippen molar-refractivity contribution in [3.63, 3.8) is 0 Å². The van der Waals surface area contributed by atoms with Gasteiger partial charge in [-0.15, -0.1) is 12.4 Å². The molecule has 1 amide bonds. The molecule has 2 rings (SSSR count). The lowest BCUT2D eigenvalue weighted by Gasteiger charge is -2.14. The highest BCUT2D eigenvalue weighted by Crippen LogP contribution is 2.31. The van der Waals surface area contributed by atoms with Gasteiger partial charge in [0.05, 0.1) is 12.0 Å². The van der Waals surface area contributed by atoms with Crippen molar-refractivity contribution in [1.29, 1.82) is 0 Å². The Bertz CT molecular complexity index is 739. The van der Waals surface area contributed by atoms with E-state index >= 15 is 0 Å². The van der Waals surface area contributed by atoms with Crippen molar-refractivity contribution in [2.24, 2.45) is 0 Å². The van der Waals surface area contributed by atoms with E-state index in [1.807, 2.05) is 0 Å². The number of aliphatic hydroxyl groups excluding tert-OH is 1. The van der Waals surface area contributed by atoms with E-state index in [-0.39, 0.29) is 43.6 Å². The van der Waals surface area contributed by atoms with Gasteiger partial charge in [0.25, 0.3) is 0 Å². The van der Waals surface area contributed by atoms with Crippen molar-refractivity contribution in [3.05, 3.63) is 59.7 Å². The highest BCUT2D eigenvalue weighted by Gasteiger charge is 2.30. The number of nitrogens with one attached hydrogen (secondary N) is 1. The van der Waals surface area contributed by atoms with Crippen molar-refractivity contribution >= 4 is 24.0 Å². The minimum Gasteiger partial charge on any atom is -0.491 e. The summed E-state index contributed by atoms with van der Waals surface area (Å²) in [4.78, 5) is 11.8. The predicted octanol–water partition coefficient (Wildman–Crippen LogP) is 2.81. The molecule has 1 unspecified atom stereocenters. The van der Waals surface area contributed by atoms with Crippen LogP contribution < -0.4 is 15.8 Å². The number of nitrogens with two attached hydrogens (primary N) is 1. The molecule has 1 atom stereocenters. The lowest BCUT2D eigenvalue weighted by atomic mass is 10.1. The predicted molar refractivity (Wildman–Crippen MR) is 97.8 cm³/mol. The van der Waals surface area contributed by atoms with Crippen molar-refractivity contribution in [2.45, 2.75) is 18.7 Å². The molecule has 148 valence electrons. The highest BCUT2D eigenvalue weighted by atomic mass is 35.5. The van der Waals surface area contributed by atoms with Crippen LogP contribution >= 0.6 is 12.4 Å². The Kier molecular flexibility index (Phi) is 8.39. The van der Waals surface area contributed by atoms with E-state index in [0.29, 0.717) is 5.69 Å². The molecule has 0 spiro atoms. The molecule has 0 heterocycles. The largest absolute Gasteiger partial charge is 0.491 e. The van der Waals surface area contributed by atoms with Crippen molar-refractivity contribution in [1.82, 2.24) is 5.32 Å². The van der Waals surface area contributed by atoms with Crippen molar-refractivity contribution < 1.29 is 27.8 Å². The Hall–Kier alpha value is -2.45. The van der Waals surface area contributed by atoms with E-state index in [2.05, 4.69) is 5.32 Å². The molecule has 0 aliphatic carbocycles. The maximum Gasteiger partial charge on any atom is 0.416 e. The number of halogens is 4. The third-order valence-corrected chi connectivity index (χ3v) is 3.48. The Morgan fingerprint density at radius 1 is 1.19 bits per heavy atom. The summed E-state index contributed by atoms with van der Waals surface area (Å²) in [7, 11) is 0. The number of aliphatic hydroxyl groups is 1. The molecule has 9 heteroatoms. The monoisotopic (exact) mass is 404 g/mol. The maximum absolute atomic E-state index is 12.6. The second-order valence-corrected chi connectivity index (χ2v) is 5.71. The van der Waals surface area contributed by atoms with E-state index in [9.17, 15) is 23.1 Å². The molecule has 27 heavy (non-hydrogen) atoms. The van der Waals surface area contributed by atoms with Gasteiger partial charge in [-0.05, 0) is 35.9 Å². The Morgan fingerprint density at radius 3 is 2.48 bits per heavy atom. The Morgan fingerprint density at radius 2 is 1.85 bits per heavy atom. The molecule has 2 aromatic carbocycles. The number of carbonyl (C=O) groups is 1. The number of anilines is 1. The molecule has 0 fully saturated rings. The van der Waals surface area contributed by atoms with Gasteiger partial charge in [0.2, 0.25) is 5.91 Å². The quantitative estimate of drug-likeness (QED) is 0.619. The van der Waals surface area contributed by atoms with Gasteiger partial charge in [-0.1, -0.05) is 18.2 Å². The van der Waals surface area contributed by atoms with Crippen LogP contribution in [0.4, 0.5) is 18.9 Å². The number of amides is 1. The first-order valence-electron chi connectivity index (χ1n) is 7.83. The molecular formula is C18H20ClF3N2O3. The molecular weight excluding hydrogens is 385 g/mol. The SMILES string of the molecule is Cl.Nc1ccc(CC(=O)NCC(O)COc2cccc(C(F)(F)F)c2)cc1. The zero-order valence-electron chi connectivity index (χ0n) is 14.2. The van der Waals surface area contributed by atoms with Crippen LogP contribution in [0.15, 0.2) is 48.5 Å². The number of benzene rings is 2. The lowest BCUT2D eigenvalue weighted by Crippen LogP contribution is -2.36.